The van der Waals surface area contributed by atoms with Crippen LogP contribution in [0.25, 0.3) is 33.4 Å². The van der Waals surface area contributed by atoms with E-state index in [9.17, 15) is 24.3 Å². The van der Waals surface area contributed by atoms with Crippen molar-refractivity contribution in [1.29, 1.82) is 0 Å². The van der Waals surface area contributed by atoms with Gasteiger partial charge in [0.1, 0.15) is 11.3 Å². The number of hydroxylamine groups is 2. The minimum absolute atomic E-state index is 0.131. The van der Waals surface area contributed by atoms with Crippen LogP contribution in [0, 0.1) is 13.8 Å². The first-order valence-electron chi connectivity index (χ1n) is 13.7. The van der Waals surface area contributed by atoms with E-state index in [0.29, 0.717) is 28.5 Å². The van der Waals surface area contributed by atoms with Crippen molar-refractivity contribution < 1.29 is 33.5 Å². The Morgan fingerprint density at radius 3 is 2.31 bits per heavy atom. The summed E-state index contributed by atoms with van der Waals surface area (Å²) in [6.45, 7) is 10.7. The van der Waals surface area contributed by atoms with Gasteiger partial charge >= 0.3 is 5.97 Å². The molecule has 3 aliphatic rings. The Labute approximate surface area is 242 Å². The van der Waals surface area contributed by atoms with Gasteiger partial charge in [-0.3, -0.25) is 14.6 Å². The first kappa shape index (κ1) is 30.0. The molecule has 2 heterocycles. The monoisotopic (exact) mass is 570 g/mol. The number of hydrogen-bond donors (Lipinski definition) is 1. The van der Waals surface area contributed by atoms with Crippen molar-refractivity contribution in [3.63, 3.8) is 0 Å². The van der Waals surface area contributed by atoms with E-state index in [1.807, 2.05) is 58.0 Å². The summed E-state index contributed by atoms with van der Waals surface area (Å²) >= 11 is 0. The second kappa shape index (κ2) is 12.7. The Balaban J connectivity index is 0.000000310. The molecule has 1 fully saturated rings. The van der Waals surface area contributed by atoms with E-state index in [2.05, 4.69) is 21.2 Å². The van der Waals surface area contributed by atoms with Crippen molar-refractivity contribution in [3.05, 3.63) is 70.6 Å². The fourth-order valence-corrected chi connectivity index (χ4v) is 4.87. The van der Waals surface area contributed by atoms with Gasteiger partial charge in [-0.25, -0.2) is 4.79 Å². The number of fused-ring (bicyclic) bond motifs is 2. The van der Waals surface area contributed by atoms with Gasteiger partial charge in [0.15, 0.2) is 0 Å². The predicted molar refractivity (Wildman–Crippen MR) is 155 cm³/mol. The summed E-state index contributed by atoms with van der Waals surface area (Å²) in [5.74, 6) is -2.10. The fourth-order valence-electron chi connectivity index (χ4n) is 4.87. The molecule has 2 aromatic rings. The standard InChI is InChI=1S/C26H26N2O3.C6H7NO4/c1-5-27-21-13-23-19(11-15(21)3)25(17-9-7-8-10-18(17)26(29)30)20-12-16(4)22(28-6-2)14-24(20)31-23;1-4(8)11-7-5(9)2-3-6(7)10/h7-14,27H,5-6H2,1-4H3,(H,29,30);2-3H2,1H3/p-1. The Morgan fingerprint density at radius 2 is 1.69 bits per heavy atom. The molecule has 42 heavy (non-hydrogen) atoms. The van der Waals surface area contributed by atoms with Gasteiger partial charge in [0, 0.05) is 72.8 Å². The molecule has 0 spiro atoms. The molecule has 0 aromatic heterocycles. The molecule has 0 atom stereocenters. The van der Waals surface area contributed by atoms with E-state index in [1.54, 1.807) is 12.1 Å². The predicted octanol–water partition coefficient (Wildman–Crippen LogP) is 4.15. The van der Waals surface area contributed by atoms with Gasteiger partial charge in [0.2, 0.25) is 0 Å². The molecule has 2 aromatic carbocycles. The summed E-state index contributed by atoms with van der Waals surface area (Å²) in [5, 5.41) is 17.5. The van der Waals surface area contributed by atoms with E-state index < -0.39 is 23.8 Å². The Hall–Kier alpha value is -4.99. The lowest BCUT2D eigenvalue weighted by molar-refractivity contribution is -0.255. The number of carbonyl (C=O) groups is 4. The number of nitrogens with zero attached hydrogens (tertiary/aromatic N) is 2. The normalized spacial score (nSPS) is 13.4. The van der Waals surface area contributed by atoms with Crippen molar-refractivity contribution in [1.82, 2.24) is 5.06 Å². The van der Waals surface area contributed by atoms with Gasteiger partial charge in [0.05, 0.1) is 11.3 Å². The first-order chi connectivity index (χ1) is 20.0. The van der Waals surface area contributed by atoms with Gasteiger partial charge in [-0.2, -0.15) is 0 Å². The molecule has 0 unspecified atom stereocenters. The van der Waals surface area contributed by atoms with E-state index in [1.165, 1.54) is 0 Å². The van der Waals surface area contributed by atoms with E-state index in [4.69, 9.17) is 4.42 Å². The van der Waals surface area contributed by atoms with Gasteiger partial charge in [-0.05, 0) is 56.5 Å². The second-order valence-corrected chi connectivity index (χ2v) is 9.78. The third-order valence-electron chi connectivity index (χ3n) is 6.72. The highest BCUT2D eigenvalue weighted by molar-refractivity contribution is 6.08. The van der Waals surface area contributed by atoms with Gasteiger partial charge in [-0.1, -0.05) is 24.3 Å². The third kappa shape index (κ3) is 6.17. The summed E-state index contributed by atoms with van der Waals surface area (Å²) in [6.07, 6.45) is 0.262. The lowest BCUT2D eigenvalue weighted by Gasteiger charge is -2.20. The smallest absolute Gasteiger partial charge is 0.330 e. The zero-order valence-electron chi connectivity index (χ0n) is 24.2. The third-order valence-corrected chi connectivity index (χ3v) is 6.72. The summed E-state index contributed by atoms with van der Waals surface area (Å²) in [4.78, 5) is 52.6. The van der Waals surface area contributed by atoms with E-state index >= 15 is 0 Å². The molecule has 0 radical (unpaired) electrons. The molecule has 1 N–H and O–H groups in total. The van der Waals surface area contributed by atoms with Crippen LogP contribution in [0.4, 0.5) is 5.69 Å². The summed E-state index contributed by atoms with van der Waals surface area (Å²) in [6, 6.07) is 15.0. The van der Waals surface area contributed by atoms with Crippen LogP contribution in [0.3, 0.4) is 0 Å². The molecule has 0 bridgehead atoms. The maximum absolute atomic E-state index is 11.9. The number of imide groups is 1. The van der Waals surface area contributed by atoms with E-state index in [0.717, 1.165) is 52.2 Å². The molecule has 1 saturated heterocycles. The highest BCUT2D eigenvalue weighted by atomic mass is 16.7. The number of anilines is 1. The highest BCUT2D eigenvalue weighted by Gasteiger charge is 2.31. The lowest BCUT2D eigenvalue weighted by atomic mass is 9.89. The van der Waals surface area contributed by atoms with Crippen LogP contribution in [0.5, 0.6) is 0 Å². The maximum Gasteiger partial charge on any atom is 0.330 e. The SMILES string of the molecule is CC(=O)ON1C(=O)CCC1=O.CCN=c1cc2oc3cc(NCC)c(C)cc3c(-c3ccccc3C(=O)[O-])c-2cc1C. The number of rotatable bonds is 6. The minimum Gasteiger partial charge on any atom is -0.545 e. The van der Waals surface area contributed by atoms with Crippen LogP contribution in [0.2, 0.25) is 0 Å². The van der Waals surface area contributed by atoms with Crippen LogP contribution in [-0.4, -0.2) is 41.9 Å². The Kier molecular flexibility index (Phi) is 9.05. The zero-order chi connectivity index (χ0) is 30.6. The largest absolute Gasteiger partial charge is 0.545 e. The maximum atomic E-state index is 11.9. The quantitative estimate of drug-likeness (QED) is 0.269. The zero-order valence-corrected chi connectivity index (χ0v) is 24.2. The Bertz CT molecular complexity index is 1720. The number of amides is 2. The minimum atomic E-state index is -1.20. The number of aryl methyl sites for hydroxylation is 2. The highest BCUT2D eigenvalue weighted by Crippen LogP contribution is 2.42. The number of hydrogen-bond acceptors (Lipinski definition) is 9. The van der Waals surface area contributed by atoms with Crippen molar-refractivity contribution in [2.24, 2.45) is 4.99 Å². The van der Waals surface area contributed by atoms with Crippen LogP contribution in [0.1, 0.15) is 55.1 Å². The average Bonchev–Trinajstić information content (AvgIpc) is 3.25. The topological polar surface area (TPSA) is 141 Å². The first-order valence-corrected chi connectivity index (χ1v) is 13.7. The number of aromatic carboxylic acids is 1. The molecule has 5 rings (SSSR count). The van der Waals surface area contributed by atoms with Crippen LogP contribution in [0.15, 0.2) is 57.9 Å². The number of carboxylic acids is 1. The van der Waals surface area contributed by atoms with Crippen molar-refractivity contribution in [3.8, 4) is 22.5 Å². The van der Waals surface area contributed by atoms with Gasteiger partial charge in [-0.15, -0.1) is 5.06 Å². The van der Waals surface area contributed by atoms with Crippen molar-refractivity contribution in [2.45, 2.75) is 47.5 Å². The second-order valence-electron chi connectivity index (χ2n) is 9.78. The molecule has 218 valence electrons. The number of carbonyl (C=O) groups excluding carboxylic acids is 4. The summed E-state index contributed by atoms with van der Waals surface area (Å²) in [5.41, 5.74) is 6.19. The average molecular weight is 571 g/mol. The lowest BCUT2D eigenvalue weighted by Crippen LogP contribution is -2.30. The molecule has 2 amide bonds. The number of nitrogens with one attached hydrogen (secondary N) is 1. The molecule has 10 nitrogen and oxygen atoms in total. The van der Waals surface area contributed by atoms with Crippen molar-refractivity contribution >= 4 is 40.4 Å². The number of carboxylic acid groups (broad SMARTS) is 1. The van der Waals surface area contributed by atoms with Crippen molar-refractivity contribution in [2.75, 3.05) is 18.4 Å². The summed E-state index contributed by atoms with van der Waals surface area (Å²) in [7, 11) is 0. The van der Waals surface area contributed by atoms with Gasteiger partial charge < -0.3 is 24.5 Å². The van der Waals surface area contributed by atoms with Gasteiger partial charge in [0.25, 0.3) is 11.8 Å². The van der Waals surface area contributed by atoms with Crippen LogP contribution >= 0.6 is 0 Å². The fraction of sp³-hybridized carbons (Fsp3) is 0.281. The molecule has 2 aliphatic heterocycles. The molecule has 1 aliphatic carbocycles. The molecule has 10 heteroatoms. The van der Waals surface area contributed by atoms with Crippen LogP contribution in [-0.2, 0) is 19.2 Å². The number of benzene rings is 3. The Morgan fingerprint density at radius 1 is 1.00 bits per heavy atom. The van der Waals surface area contributed by atoms with Crippen LogP contribution < -0.4 is 15.8 Å². The molecular formula is C32H32N3O7-. The van der Waals surface area contributed by atoms with E-state index in [-0.39, 0.29) is 18.4 Å². The molecular weight excluding hydrogens is 538 g/mol. The summed E-state index contributed by atoms with van der Waals surface area (Å²) < 4.78 is 6.33. The molecule has 0 saturated carbocycles.